The molecule has 2 fully saturated rings. The first-order valence-corrected chi connectivity index (χ1v) is 7.88. The van der Waals surface area contributed by atoms with Crippen LogP contribution in [-0.4, -0.2) is 23.1 Å². The van der Waals surface area contributed by atoms with E-state index in [1.165, 1.54) is 32.0 Å². The normalized spacial score (nSPS) is 20.6. The third-order valence-corrected chi connectivity index (χ3v) is 5.27. The van der Waals surface area contributed by atoms with E-state index in [-0.39, 0.29) is 5.56 Å². The van der Waals surface area contributed by atoms with Gasteiger partial charge in [-0.2, -0.15) is 0 Å². The SMILES string of the molecule is O=c1[nH]cnc2cc(Br)cc(N3CCC4(CC3)CC4)c12. The van der Waals surface area contributed by atoms with Gasteiger partial charge in [-0.05, 0) is 43.2 Å². The van der Waals surface area contributed by atoms with Crippen molar-refractivity contribution in [2.45, 2.75) is 25.7 Å². The zero-order valence-electron chi connectivity index (χ0n) is 11.2. The van der Waals surface area contributed by atoms with E-state index in [2.05, 4.69) is 30.8 Å². The maximum atomic E-state index is 12.2. The predicted octanol–water partition coefficient (Wildman–Crippen LogP) is 3.07. The molecule has 104 valence electrons. The molecule has 5 heteroatoms. The third-order valence-electron chi connectivity index (χ3n) is 4.81. The number of piperidine rings is 1. The number of hydrogen-bond donors (Lipinski definition) is 1. The van der Waals surface area contributed by atoms with E-state index in [9.17, 15) is 4.79 Å². The van der Waals surface area contributed by atoms with E-state index >= 15 is 0 Å². The lowest BCUT2D eigenvalue weighted by Gasteiger charge is -2.34. The van der Waals surface area contributed by atoms with Crippen LogP contribution >= 0.6 is 15.9 Å². The Balaban J connectivity index is 1.80. The monoisotopic (exact) mass is 333 g/mol. The molecule has 2 heterocycles. The van der Waals surface area contributed by atoms with E-state index in [1.807, 2.05) is 12.1 Å². The van der Waals surface area contributed by atoms with Crippen molar-refractivity contribution in [2.24, 2.45) is 5.41 Å². The molecule has 1 aromatic heterocycles. The summed E-state index contributed by atoms with van der Waals surface area (Å²) in [5.41, 5.74) is 2.36. The van der Waals surface area contributed by atoms with Crippen LogP contribution in [0.2, 0.25) is 0 Å². The molecule has 1 aliphatic heterocycles. The molecular weight excluding hydrogens is 318 g/mol. The highest BCUT2D eigenvalue weighted by Crippen LogP contribution is 2.54. The fourth-order valence-electron chi connectivity index (χ4n) is 3.29. The van der Waals surface area contributed by atoms with Gasteiger partial charge in [-0.15, -0.1) is 0 Å². The molecule has 2 aliphatic rings. The topological polar surface area (TPSA) is 49.0 Å². The van der Waals surface area contributed by atoms with Crippen LogP contribution in [0.5, 0.6) is 0 Å². The Hall–Kier alpha value is -1.36. The number of benzene rings is 1. The van der Waals surface area contributed by atoms with Gasteiger partial charge in [0.15, 0.2) is 0 Å². The summed E-state index contributed by atoms with van der Waals surface area (Å²) in [6, 6.07) is 3.95. The average molecular weight is 334 g/mol. The van der Waals surface area contributed by atoms with Crippen LogP contribution in [-0.2, 0) is 0 Å². The smallest absolute Gasteiger partial charge is 0.260 e. The van der Waals surface area contributed by atoms with Crippen molar-refractivity contribution >= 4 is 32.5 Å². The number of nitrogens with zero attached hydrogens (tertiary/aromatic N) is 2. The highest BCUT2D eigenvalue weighted by molar-refractivity contribution is 9.10. The molecule has 2 aromatic rings. The minimum Gasteiger partial charge on any atom is -0.371 e. The van der Waals surface area contributed by atoms with Gasteiger partial charge >= 0.3 is 0 Å². The van der Waals surface area contributed by atoms with E-state index in [0.29, 0.717) is 10.8 Å². The van der Waals surface area contributed by atoms with Crippen molar-refractivity contribution in [1.29, 1.82) is 0 Å². The molecule has 1 aromatic carbocycles. The number of rotatable bonds is 1. The summed E-state index contributed by atoms with van der Waals surface area (Å²) in [7, 11) is 0. The molecule has 4 nitrogen and oxygen atoms in total. The van der Waals surface area contributed by atoms with Crippen molar-refractivity contribution in [2.75, 3.05) is 18.0 Å². The van der Waals surface area contributed by atoms with Crippen LogP contribution in [0, 0.1) is 5.41 Å². The van der Waals surface area contributed by atoms with Gasteiger partial charge in [0.25, 0.3) is 5.56 Å². The summed E-state index contributed by atoms with van der Waals surface area (Å²) in [6.07, 6.45) is 6.75. The second kappa shape index (κ2) is 4.32. The zero-order valence-corrected chi connectivity index (χ0v) is 12.7. The van der Waals surface area contributed by atoms with Gasteiger partial charge in [0, 0.05) is 17.6 Å². The van der Waals surface area contributed by atoms with Crippen LogP contribution in [0.15, 0.2) is 27.7 Å². The lowest BCUT2D eigenvalue weighted by molar-refractivity contribution is 0.385. The summed E-state index contributed by atoms with van der Waals surface area (Å²) in [6.45, 7) is 2.08. The fourth-order valence-corrected chi connectivity index (χ4v) is 3.73. The van der Waals surface area contributed by atoms with Crippen molar-refractivity contribution in [3.8, 4) is 0 Å². The van der Waals surface area contributed by atoms with Gasteiger partial charge in [0.1, 0.15) is 0 Å². The van der Waals surface area contributed by atoms with Crippen LogP contribution in [0.3, 0.4) is 0 Å². The van der Waals surface area contributed by atoms with Gasteiger partial charge < -0.3 is 9.88 Å². The Morgan fingerprint density at radius 2 is 1.95 bits per heavy atom. The Morgan fingerprint density at radius 3 is 2.65 bits per heavy atom. The highest BCUT2D eigenvalue weighted by atomic mass is 79.9. The maximum Gasteiger partial charge on any atom is 0.260 e. The van der Waals surface area contributed by atoms with E-state index in [0.717, 1.165) is 28.8 Å². The Bertz CT molecular complexity index is 725. The van der Waals surface area contributed by atoms with Crippen LogP contribution in [0.4, 0.5) is 5.69 Å². The Kier molecular flexibility index (Phi) is 2.67. The van der Waals surface area contributed by atoms with Crippen LogP contribution in [0.25, 0.3) is 10.9 Å². The molecule has 1 saturated carbocycles. The summed E-state index contributed by atoms with van der Waals surface area (Å²) >= 11 is 3.53. The molecule has 0 radical (unpaired) electrons. The average Bonchev–Trinajstić information content (AvgIpc) is 3.18. The van der Waals surface area contributed by atoms with Crippen LogP contribution in [0.1, 0.15) is 25.7 Å². The number of fused-ring (bicyclic) bond motifs is 1. The minimum atomic E-state index is -0.0517. The van der Waals surface area contributed by atoms with Gasteiger partial charge in [-0.3, -0.25) is 4.79 Å². The lowest BCUT2D eigenvalue weighted by Crippen LogP contribution is -2.35. The molecule has 4 rings (SSSR count). The fraction of sp³-hybridized carbons (Fsp3) is 0.467. The first-order chi connectivity index (χ1) is 9.67. The van der Waals surface area contributed by atoms with E-state index in [4.69, 9.17) is 0 Å². The van der Waals surface area contributed by atoms with Gasteiger partial charge in [-0.25, -0.2) is 4.98 Å². The summed E-state index contributed by atoms with van der Waals surface area (Å²) in [5, 5.41) is 0.711. The Morgan fingerprint density at radius 1 is 1.20 bits per heavy atom. The number of aromatic amines is 1. The van der Waals surface area contributed by atoms with Gasteiger partial charge in [0.05, 0.1) is 22.9 Å². The third kappa shape index (κ3) is 1.95. The number of halogens is 1. The number of hydrogen-bond acceptors (Lipinski definition) is 3. The minimum absolute atomic E-state index is 0.0517. The van der Waals surface area contributed by atoms with E-state index < -0.39 is 0 Å². The molecule has 0 amide bonds. The van der Waals surface area contributed by atoms with E-state index in [1.54, 1.807) is 0 Å². The largest absolute Gasteiger partial charge is 0.371 e. The highest BCUT2D eigenvalue weighted by Gasteiger charge is 2.44. The molecule has 1 spiro atoms. The van der Waals surface area contributed by atoms with Gasteiger partial charge in [0.2, 0.25) is 0 Å². The lowest BCUT2D eigenvalue weighted by atomic mass is 9.93. The van der Waals surface area contributed by atoms with Crippen molar-refractivity contribution in [1.82, 2.24) is 9.97 Å². The molecule has 0 unspecified atom stereocenters. The number of anilines is 1. The number of aromatic nitrogens is 2. The molecule has 1 saturated heterocycles. The first kappa shape index (κ1) is 12.4. The van der Waals surface area contributed by atoms with Crippen molar-refractivity contribution in [3.05, 3.63) is 33.3 Å². The molecule has 1 N–H and O–H groups in total. The van der Waals surface area contributed by atoms with Crippen LogP contribution < -0.4 is 10.5 Å². The number of H-pyrrole nitrogens is 1. The summed E-state index contributed by atoms with van der Waals surface area (Å²) < 4.78 is 0.977. The second-order valence-electron chi connectivity index (χ2n) is 6.04. The zero-order chi connectivity index (χ0) is 13.7. The quantitative estimate of drug-likeness (QED) is 0.872. The summed E-state index contributed by atoms with van der Waals surface area (Å²) in [5.74, 6) is 0. The predicted molar refractivity (Wildman–Crippen MR) is 83.2 cm³/mol. The number of nitrogens with one attached hydrogen (secondary N) is 1. The first-order valence-electron chi connectivity index (χ1n) is 7.09. The Labute approximate surface area is 125 Å². The van der Waals surface area contributed by atoms with Crippen molar-refractivity contribution < 1.29 is 0 Å². The molecule has 0 atom stereocenters. The molecule has 20 heavy (non-hydrogen) atoms. The second-order valence-corrected chi connectivity index (χ2v) is 6.95. The maximum absolute atomic E-state index is 12.2. The molecular formula is C15H16BrN3O. The summed E-state index contributed by atoms with van der Waals surface area (Å²) in [4.78, 5) is 21.5. The molecule has 0 bridgehead atoms. The standard InChI is InChI=1S/C15H16BrN3O/c16-10-7-11-13(14(20)18-9-17-11)12(8-10)19-5-3-15(1-2-15)4-6-19/h7-9H,1-6H2,(H,17,18,20). The van der Waals surface area contributed by atoms with Gasteiger partial charge in [-0.1, -0.05) is 15.9 Å². The molecule has 1 aliphatic carbocycles. The van der Waals surface area contributed by atoms with Crippen molar-refractivity contribution in [3.63, 3.8) is 0 Å².